The van der Waals surface area contributed by atoms with E-state index in [1.165, 1.54) is 14.2 Å². The van der Waals surface area contributed by atoms with Gasteiger partial charge in [0.25, 0.3) is 0 Å². The Morgan fingerprint density at radius 3 is 2.22 bits per heavy atom. The van der Waals surface area contributed by atoms with Crippen LogP contribution in [0.15, 0.2) is 0 Å². The second kappa shape index (κ2) is 6.61. The largest absolute Gasteiger partial charge is 0.567 e. The summed E-state index contributed by atoms with van der Waals surface area (Å²) in [6, 6.07) is 0. The van der Waals surface area contributed by atoms with Crippen LogP contribution in [0.25, 0.3) is 0 Å². The molecule has 0 rings (SSSR count). The summed E-state index contributed by atoms with van der Waals surface area (Å²) in [7, 11) is 4.21. The summed E-state index contributed by atoms with van der Waals surface area (Å²) in [6.45, 7) is 0. The molecule has 50 valence electrons. The second-order valence-corrected chi connectivity index (χ2v) is 4.06. The van der Waals surface area contributed by atoms with E-state index >= 15 is 0 Å². The lowest BCUT2D eigenvalue weighted by Crippen LogP contribution is -2.26. The third kappa shape index (κ3) is 4.96. The van der Waals surface area contributed by atoms with Gasteiger partial charge in [0.1, 0.15) is 0 Å². The highest BCUT2D eigenvalue weighted by molar-refractivity contribution is 6.46. The lowest BCUT2D eigenvalue weighted by Gasteiger charge is -2.05. The van der Waals surface area contributed by atoms with E-state index in [0.717, 1.165) is 0 Å². The van der Waals surface area contributed by atoms with E-state index in [9.17, 15) is 0 Å². The first-order chi connectivity index (χ1) is 4.35. The molecule has 0 bridgehead atoms. The zero-order chi connectivity index (χ0) is 7.11. The average molecular weight is 178 g/mol. The highest BCUT2D eigenvalue weighted by atomic mass is 28.4. The molecular formula is C2H6O4Si3. The second-order valence-electron chi connectivity index (χ2n) is 0.946. The van der Waals surface area contributed by atoms with Gasteiger partial charge in [-0.1, -0.05) is 0 Å². The summed E-state index contributed by atoms with van der Waals surface area (Å²) in [4.78, 5) is 0. The molecule has 0 saturated carbocycles. The summed E-state index contributed by atoms with van der Waals surface area (Å²) < 4.78 is 18.9. The maximum Gasteiger partial charge on any atom is 0.567 e. The topological polar surface area (TPSA) is 36.9 Å². The molecule has 0 atom stereocenters. The molecule has 0 fully saturated rings. The summed E-state index contributed by atoms with van der Waals surface area (Å²) in [5.41, 5.74) is 0. The van der Waals surface area contributed by atoms with Gasteiger partial charge >= 0.3 is 19.5 Å². The molecule has 0 aromatic carbocycles. The van der Waals surface area contributed by atoms with Crippen molar-refractivity contribution in [1.82, 2.24) is 0 Å². The maximum absolute atomic E-state index is 4.90. The maximum atomic E-state index is 4.90. The molecule has 7 heteroatoms. The Labute approximate surface area is 62.0 Å². The average Bonchev–Trinajstić information content (AvgIpc) is 1.91. The Bertz CT molecular complexity index is 57.8. The van der Waals surface area contributed by atoms with E-state index in [-0.39, 0.29) is 10.0 Å². The van der Waals surface area contributed by atoms with Crippen molar-refractivity contribution in [1.29, 1.82) is 0 Å². The number of hydrogen-bond donors (Lipinski definition) is 0. The van der Waals surface area contributed by atoms with Crippen LogP contribution in [0, 0.1) is 0 Å². The van der Waals surface area contributed by atoms with Crippen LogP contribution in [0.3, 0.4) is 0 Å². The van der Waals surface area contributed by atoms with Gasteiger partial charge in [0.15, 0.2) is 0 Å². The van der Waals surface area contributed by atoms with Crippen molar-refractivity contribution < 1.29 is 17.1 Å². The molecule has 0 aliphatic heterocycles. The molecule has 0 amide bonds. The number of hydrogen-bond acceptors (Lipinski definition) is 4. The minimum absolute atomic E-state index is 0.0823. The van der Waals surface area contributed by atoms with E-state index in [0.29, 0.717) is 0 Å². The van der Waals surface area contributed by atoms with Crippen molar-refractivity contribution in [2.45, 2.75) is 0 Å². The van der Waals surface area contributed by atoms with Gasteiger partial charge in [-0.25, -0.2) is 0 Å². The molecule has 0 N–H and O–H groups in total. The van der Waals surface area contributed by atoms with E-state index in [1.54, 1.807) is 0 Å². The van der Waals surface area contributed by atoms with E-state index in [4.69, 9.17) is 13.0 Å². The Hall–Kier alpha value is 0.491. The molecule has 4 nitrogen and oxygen atoms in total. The molecule has 0 saturated heterocycles. The van der Waals surface area contributed by atoms with Crippen LogP contribution < -0.4 is 0 Å². The first-order valence-corrected chi connectivity index (χ1v) is 4.49. The lowest BCUT2D eigenvalue weighted by molar-refractivity contribution is 0.197. The molecule has 0 unspecified atom stereocenters. The van der Waals surface area contributed by atoms with Gasteiger partial charge < -0.3 is 17.1 Å². The molecule has 0 aromatic rings. The van der Waals surface area contributed by atoms with Gasteiger partial charge in [0.2, 0.25) is 10.5 Å². The van der Waals surface area contributed by atoms with Crippen LogP contribution >= 0.6 is 0 Å². The smallest absolute Gasteiger partial charge is 0.435 e. The third-order valence-corrected chi connectivity index (χ3v) is 2.50. The fraction of sp³-hybridized carbons (Fsp3) is 1.00. The Morgan fingerprint density at radius 1 is 1.33 bits per heavy atom. The van der Waals surface area contributed by atoms with Crippen molar-refractivity contribution in [3.05, 3.63) is 0 Å². The predicted molar refractivity (Wildman–Crippen MR) is 33.4 cm³/mol. The normalized spacial score (nSPS) is 10.7. The van der Waals surface area contributed by atoms with Crippen LogP contribution in [-0.2, 0) is 17.1 Å². The molecular weight excluding hydrogens is 172 g/mol. The predicted octanol–water partition coefficient (Wildman–Crippen LogP) is -1.09. The molecule has 6 radical (unpaired) electrons. The van der Waals surface area contributed by atoms with Gasteiger partial charge in [-0.05, 0) is 0 Å². The molecule has 0 heterocycles. The fourth-order valence-electron chi connectivity index (χ4n) is 0.222. The summed E-state index contributed by atoms with van der Waals surface area (Å²) in [6.07, 6.45) is 0. The molecule has 9 heavy (non-hydrogen) atoms. The first kappa shape index (κ1) is 9.49. The molecule has 0 aliphatic rings. The minimum atomic E-state index is -1.53. The molecule has 0 spiro atoms. The van der Waals surface area contributed by atoms with Gasteiger partial charge in [-0.15, -0.1) is 0 Å². The van der Waals surface area contributed by atoms with E-state index < -0.39 is 9.53 Å². The van der Waals surface area contributed by atoms with Crippen molar-refractivity contribution in [3.8, 4) is 0 Å². The van der Waals surface area contributed by atoms with Crippen molar-refractivity contribution in [2.24, 2.45) is 0 Å². The SMILES string of the molecule is CO[Si](OC)O[Si]O[Si]. The van der Waals surface area contributed by atoms with E-state index in [2.05, 4.69) is 14.6 Å². The molecule has 0 aromatic heterocycles. The Kier molecular flexibility index (Phi) is 6.97. The van der Waals surface area contributed by atoms with Gasteiger partial charge in [0.05, 0.1) is 0 Å². The van der Waals surface area contributed by atoms with Crippen LogP contribution in [0.4, 0.5) is 0 Å². The van der Waals surface area contributed by atoms with Gasteiger partial charge in [-0.3, -0.25) is 0 Å². The van der Waals surface area contributed by atoms with Crippen LogP contribution in [-0.4, -0.2) is 44.2 Å². The van der Waals surface area contributed by atoms with E-state index in [1.807, 2.05) is 0 Å². The Balaban J connectivity index is 3.09. The summed E-state index contributed by atoms with van der Waals surface area (Å²) in [5, 5.41) is 0. The zero-order valence-corrected chi connectivity index (χ0v) is 8.13. The third-order valence-electron chi connectivity index (χ3n) is 0.500. The van der Waals surface area contributed by atoms with Crippen LogP contribution in [0.1, 0.15) is 0 Å². The quantitative estimate of drug-likeness (QED) is 0.502. The Morgan fingerprint density at radius 2 is 1.89 bits per heavy atom. The van der Waals surface area contributed by atoms with Crippen LogP contribution in [0.2, 0.25) is 0 Å². The van der Waals surface area contributed by atoms with Crippen LogP contribution in [0.5, 0.6) is 0 Å². The molecule has 0 aliphatic carbocycles. The fourth-order valence-corrected chi connectivity index (χ4v) is 1.87. The highest BCUT2D eigenvalue weighted by Gasteiger charge is 2.14. The standard InChI is InChI=1S/C2H6O4Si3/c1-3-9(4-2)6-8-5-7/h1-2H3. The number of rotatable bonds is 5. The van der Waals surface area contributed by atoms with Gasteiger partial charge in [-0.2, -0.15) is 0 Å². The van der Waals surface area contributed by atoms with Gasteiger partial charge in [0, 0.05) is 14.2 Å². The summed E-state index contributed by atoms with van der Waals surface area (Å²) >= 11 is 0. The highest BCUT2D eigenvalue weighted by Crippen LogP contribution is 1.84. The zero-order valence-electron chi connectivity index (χ0n) is 5.13. The lowest BCUT2D eigenvalue weighted by atomic mass is 11.8. The first-order valence-electron chi connectivity index (χ1n) is 2.04. The van der Waals surface area contributed by atoms with Crippen molar-refractivity contribution in [2.75, 3.05) is 14.2 Å². The van der Waals surface area contributed by atoms with Crippen molar-refractivity contribution in [3.63, 3.8) is 0 Å². The minimum Gasteiger partial charge on any atom is -0.435 e. The monoisotopic (exact) mass is 178 g/mol. The van der Waals surface area contributed by atoms with Crippen molar-refractivity contribution >= 4 is 30.0 Å². The summed E-state index contributed by atoms with van der Waals surface area (Å²) in [5.74, 6) is 0.